The Morgan fingerprint density at radius 2 is 1.68 bits per heavy atom. The van der Waals surface area contributed by atoms with Gasteiger partial charge >= 0.3 is 0 Å². The number of rotatable bonds is 5. The summed E-state index contributed by atoms with van der Waals surface area (Å²) in [4.78, 5) is 6.85. The number of thiocarbonyl (C=S) groups is 1. The summed E-state index contributed by atoms with van der Waals surface area (Å²) in [5.74, 6) is 1.65. The average Bonchev–Trinajstić information content (AvgIpc) is 3.32. The summed E-state index contributed by atoms with van der Waals surface area (Å²) in [5.41, 5.74) is 6.76. The van der Waals surface area contributed by atoms with Crippen molar-refractivity contribution in [1.82, 2.24) is 14.9 Å². The van der Waals surface area contributed by atoms with Gasteiger partial charge in [0.1, 0.15) is 11.5 Å². The number of benzene rings is 2. The molecule has 5 rings (SSSR count). The number of anilines is 1. The molecule has 4 aromatic rings. The van der Waals surface area contributed by atoms with Crippen LogP contribution in [0.2, 0.25) is 0 Å². The van der Waals surface area contributed by atoms with Gasteiger partial charge in [-0.25, -0.2) is 0 Å². The second kappa shape index (κ2) is 8.95. The maximum Gasteiger partial charge on any atom is 0.174 e. The second-order valence-electron chi connectivity index (χ2n) is 8.74. The Morgan fingerprint density at radius 1 is 0.941 bits per heavy atom. The van der Waals surface area contributed by atoms with Crippen molar-refractivity contribution in [1.29, 1.82) is 0 Å². The van der Waals surface area contributed by atoms with Crippen LogP contribution in [0.4, 0.5) is 5.69 Å². The van der Waals surface area contributed by atoms with Crippen LogP contribution < -0.4 is 15.0 Å². The summed E-state index contributed by atoms with van der Waals surface area (Å²) in [7, 11) is 2.10. The van der Waals surface area contributed by atoms with Crippen LogP contribution in [0.3, 0.4) is 0 Å². The number of para-hydroxylation sites is 1. The summed E-state index contributed by atoms with van der Waals surface area (Å²) < 4.78 is 8.34. The molecule has 2 atom stereocenters. The molecule has 0 radical (unpaired) electrons. The topological polar surface area (TPSA) is 42.3 Å². The van der Waals surface area contributed by atoms with Crippen molar-refractivity contribution in [2.24, 2.45) is 7.05 Å². The van der Waals surface area contributed by atoms with Gasteiger partial charge < -0.3 is 19.5 Å². The van der Waals surface area contributed by atoms with Crippen LogP contribution in [0.15, 0.2) is 79.0 Å². The fourth-order valence-corrected chi connectivity index (χ4v) is 4.95. The summed E-state index contributed by atoms with van der Waals surface area (Å²) in [5, 5.41) is 4.23. The molecule has 5 nitrogen and oxygen atoms in total. The molecule has 0 saturated carbocycles. The lowest BCUT2D eigenvalue weighted by atomic mass is 9.96. The molecular weight excluding hydrogens is 440 g/mol. The first-order valence-corrected chi connectivity index (χ1v) is 11.8. The van der Waals surface area contributed by atoms with Crippen LogP contribution in [-0.2, 0) is 7.05 Å². The lowest BCUT2D eigenvalue weighted by Gasteiger charge is -2.28. The van der Waals surface area contributed by atoms with Crippen LogP contribution in [0.5, 0.6) is 11.5 Å². The number of hydrogen-bond donors (Lipinski definition) is 1. The zero-order valence-electron chi connectivity index (χ0n) is 19.8. The molecule has 34 heavy (non-hydrogen) atoms. The first-order valence-electron chi connectivity index (χ1n) is 11.4. The maximum atomic E-state index is 6.11. The number of pyridine rings is 1. The largest absolute Gasteiger partial charge is 0.457 e. The van der Waals surface area contributed by atoms with E-state index in [0.29, 0.717) is 5.11 Å². The molecule has 1 aliphatic rings. The molecule has 0 amide bonds. The molecule has 0 spiro atoms. The molecule has 0 bridgehead atoms. The lowest BCUT2D eigenvalue weighted by Crippen LogP contribution is -2.29. The van der Waals surface area contributed by atoms with Crippen LogP contribution in [0.25, 0.3) is 0 Å². The van der Waals surface area contributed by atoms with Crippen molar-refractivity contribution < 1.29 is 4.74 Å². The monoisotopic (exact) mass is 468 g/mol. The highest BCUT2D eigenvalue weighted by Crippen LogP contribution is 2.43. The third-order valence-corrected chi connectivity index (χ3v) is 6.98. The van der Waals surface area contributed by atoms with Crippen LogP contribution in [-0.4, -0.2) is 14.7 Å². The minimum atomic E-state index is -0.0582. The van der Waals surface area contributed by atoms with E-state index in [1.807, 2.05) is 61.7 Å². The third-order valence-electron chi connectivity index (χ3n) is 6.67. The van der Waals surface area contributed by atoms with Crippen molar-refractivity contribution in [2.75, 3.05) is 4.90 Å². The highest BCUT2D eigenvalue weighted by atomic mass is 32.1. The standard InChI is InChI=1S/C28H28N4OS/c1-18-9-5-6-11-25(18)33-22-14-12-21(13-15-22)32-27(23-17-19(2)31(4)20(23)3)26(30-28(32)34)24-10-7-8-16-29-24/h5-17,26-27H,1-4H3,(H,30,34)/t26-,27+/m1/s1. The molecule has 172 valence electrons. The normalized spacial score (nSPS) is 17.6. The molecule has 2 aromatic heterocycles. The zero-order chi connectivity index (χ0) is 23.8. The first-order chi connectivity index (χ1) is 16.4. The summed E-state index contributed by atoms with van der Waals surface area (Å²) in [6.45, 7) is 6.34. The van der Waals surface area contributed by atoms with E-state index < -0.39 is 0 Å². The fraction of sp³-hybridized carbons (Fsp3) is 0.214. The van der Waals surface area contributed by atoms with Crippen molar-refractivity contribution in [3.63, 3.8) is 0 Å². The Labute approximate surface area is 206 Å². The third kappa shape index (κ3) is 3.94. The Morgan fingerprint density at radius 3 is 2.32 bits per heavy atom. The summed E-state index contributed by atoms with van der Waals surface area (Å²) in [6.07, 6.45) is 1.83. The minimum Gasteiger partial charge on any atom is -0.457 e. The molecule has 1 N–H and O–H groups in total. The minimum absolute atomic E-state index is 0.0227. The number of aromatic nitrogens is 2. The number of nitrogens with one attached hydrogen (secondary N) is 1. The first kappa shape index (κ1) is 22.2. The van der Waals surface area contributed by atoms with Crippen molar-refractivity contribution in [3.8, 4) is 11.5 Å². The van der Waals surface area contributed by atoms with Gasteiger partial charge in [0.2, 0.25) is 0 Å². The average molecular weight is 469 g/mol. The van der Waals surface area contributed by atoms with Crippen molar-refractivity contribution >= 4 is 23.0 Å². The summed E-state index contributed by atoms with van der Waals surface area (Å²) in [6, 6.07) is 24.4. The molecule has 1 fully saturated rings. The Kier molecular flexibility index (Phi) is 5.84. The molecular formula is C28H28N4OS. The Hall–Kier alpha value is -3.64. The van der Waals surface area contributed by atoms with Gasteiger partial charge in [-0.15, -0.1) is 0 Å². The molecule has 1 saturated heterocycles. The van der Waals surface area contributed by atoms with Gasteiger partial charge in [-0.2, -0.15) is 0 Å². The molecule has 6 heteroatoms. The Bertz CT molecular complexity index is 1330. The zero-order valence-corrected chi connectivity index (χ0v) is 20.6. The highest BCUT2D eigenvalue weighted by molar-refractivity contribution is 7.80. The number of ether oxygens (including phenoxy) is 1. The number of hydrogen-bond acceptors (Lipinski definition) is 3. The van der Waals surface area contributed by atoms with E-state index in [1.54, 1.807) is 0 Å². The van der Waals surface area contributed by atoms with E-state index in [1.165, 1.54) is 17.0 Å². The predicted octanol–water partition coefficient (Wildman–Crippen LogP) is 6.31. The van der Waals surface area contributed by atoms with Gasteiger partial charge in [-0.1, -0.05) is 24.3 Å². The smallest absolute Gasteiger partial charge is 0.174 e. The molecule has 2 aromatic carbocycles. The maximum absolute atomic E-state index is 6.11. The quantitative estimate of drug-likeness (QED) is 0.348. The number of aryl methyl sites for hydroxylation is 2. The van der Waals surface area contributed by atoms with E-state index in [-0.39, 0.29) is 12.1 Å². The molecule has 3 heterocycles. The Balaban J connectivity index is 1.53. The predicted molar refractivity (Wildman–Crippen MR) is 141 cm³/mol. The molecule has 0 aliphatic carbocycles. The lowest BCUT2D eigenvalue weighted by molar-refractivity contribution is 0.479. The van der Waals surface area contributed by atoms with Gasteiger partial charge in [-0.3, -0.25) is 4.98 Å². The van der Waals surface area contributed by atoms with E-state index in [4.69, 9.17) is 17.0 Å². The SMILES string of the molecule is Cc1ccccc1Oc1ccc(N2C(=S)N[C@H](c3ccccn3)[C@@H]2c2cc(C)n(C)c2C)cc1. The highest BCUT2D eigenvalue weighted by Gasteiger charge is 2.42. The van der Waals surface area contributed by atoms with E-state index in [9.17, 15) is 0 Å². The van der Waals surface area contributed by atoms with E-state index >= 15 is 0 Å². The van der Waals surface area contributed by atoms with Gasteiger partial charge in [0.15, 0.2) is 5.11 Å². The van der Waals surface area contributed by atoms with Gasteiger partial charge in [-0.05, 0) is 92.6 Å². The van der Waals surface area contributed by atoms with Crippen LogP contribution in [0, 0.1) is 20.8 Å². The summed E-state index contributed by atoms with van der Waals surface area (Å²) >= 11 is 5.86. The molecule has 0 unspecified atom stereocenters. The van der Waals surface area contributed by atoms with Gasteiger partial charge in [0, 0.05) is 30.3 Å². The van der Waals surface area contributed by atoms with Crippen LogP contribution in [0.1, 0.15) is 40.3 Å². The van der Waals surface area contributed by atoms with E-state index in [2.05, 4.69) is 64.9 Å². The van der Waals surface area contributed by atoms with Crippen molar-refractivity contribution in [3.05, 3.63) is 107 Å². The van der Waals surface area contributed by atoms with Crippen molar-refractivity contribution in [2.45, 2.75) is 32.9 Å². The van der Waals surface area contributed by atoms with E-state index in [0.717, 1.165) is 28.4 Å². The second-order valence-corrected chi connectivity index (χ2v) is 9.13. The fourth-order valence-electron chi connectivity index (χ4n) is 4.61. The number of nitrogens with zero attached hydrogens (tertiary/aromatic N) is 3. The van der Waals surface area contributed by atoms with Gasteiger partial charge in [0.25, 0.3) is 0 Å². The van der Waals surface area contributed by atoms with Gasteiger partial charge in [0.05, 0.1) is 17.8 Å². The van der Waals surface area contributed by atoms with Crippen LogP contribution >= 0.6 is 12.2 Å². The molecule has 1 aliphatic heterocycles.